The van der Waals surface area contributed by atoms with Crippen molar-refractivity contribution in [2.45, 2.75) is 41.4 Å². The molecule has 0 N–H and O–H groups in total. The minimum atomic E-state index is -3.26. The molecular weight excluding hydrogens is 339 g/mol. The number of pyridine rings is 1. The van der Waals surface area contributed by atoms with Crippen molar-refractivity contribution in [2.75, 3.05) is 13.1 Å². The Labute approximate surface area is 146 Å². The zero-order chi connectivity index (χ0) is 17.2. The molecule has 3 aliphatic rings. The Bertz CT molecular complexity index is 938. The van der Waals surface area contributed by atoms with Gasteiger partial charge in [-0.15, -0.1) is 0 Å². The highest BCUT2D eigenvalue weighted by molar-refractivity contribution is 7.92. The van der Waals surface area contributed by atoms with Gasteiger partial charge in [-0.25, -0.2) is 13.4 Å². The van der Waals surface area contributed by atoms with Crippen molar-refractivity contribution in [3.05, 3.63) is 48.0 Å². The molecule has 3 heterocycles. The first kappa shape index (κ1) is 15.5. The first-order valence-electron chi connectivity index (χ1n) is 8.78. The number of halogens is 1. The van der Waals surface area contributed by atoms with Crippen molar-refractivity contribution in [1.82, 2.24) is 9.88 Å². The normalized spacial score (nSPS) is 27.7. The van der Waals surface area contributed by atoms with Gasteiger partial charge in [0.2, 0.25) is 5.95 Å². The molecule has 1 saturated heterocycles. The van der Waals surface area contributed by atoms with E-state index in [1.54, 1.807) is 18.2 Å². The van der Waals surface area contributed by atoms with Crippen LogP contribution in [-0.4, -0.2) is 42.7 Å². The fourth-order valence-electron chi connectivity index (χ4n) is 4.45. The largest absolute Gasteiger partial charge is 0.298 e. The molecule has 2 unspecified atom stereocenters. The molecule has 130 valence electrons. The predicted octanol–water partition coefficient (Wildman–Crippen LogP) is 3.00. The molecule has 5 rings (SSSR count). The zero-order valence-corrected chi connectivity index (χ0v) is 14.5. The van der Waals surface area contributed by atoms with E-state index in [2.05, 4.69) is 9.88 Å². The van der Waals surface area contributed by atoms with Crippen LogP contribution in [0.15, 0.2) is 41.4 Å². The minimum absolute atomic E-state index is 0.0500. The van der Waals surface area contributed by atoms with Crippen LogP contribution in [0.5, 0.6) is 0 Å². The first-order chi connectivity index (χ1) is 12.0. The van der Waals surface area contributed by atoms with Crippen LogP contribution in [0.3, 0.4) is 0 Å². The SMILES string of the molecule is O=S1(=O)c2ccc(-c3ccc(F)nc3)cc2C2CN(C3CCC3)CC21. The summed E-state index contributed by atoms with van der Waals surface area (Å²) >= 11 is 0. The lowest BCUT2D eigenvalue weighted by Crippen LogP contribution is -2.39. The highest BCUT2D eigenvalue weighted by Gasteiger charge is 2.51. The van der Waals surface area contributed by atoms with Gasteiger partial charge in [-0.05, 0) is 48.2 Å². The fourth-order valence-corrected chi connectivity index (χ4v) is 6.63. The van der Waals surface area contributed by atoms with Crippen LogP contribution in [0.1, 0.15) is 30.7 Å². The summed E-state index contributed by atoms with van der Waals surface area (Å²) in [4.78, 5) is 6.55. The van der Waals surface area contributed by atoms with Crippen molar-refractivity contribution in [3.63, 3.8) is 0 Å². The van der Waals surface area contributed by atoms with Crippen LogP contribution < -0.4 is 0 Å². The number of fused-ring (bicyclic) bond motifs is 3. The van der Waals surface area contributed by atoms with Gasteiger partial charge >= 0.3 is 0 Å². The van der Waals surface area contributed by atoms with E-state index in [0.717, 1.165) is 23.2 Å². The highest BCUT2D eigenvalue weighted by atomic mass is 32.2. The van der Waals surface area contributed by atoms with E-state index >= 15 is 0 Å². The summed E-state index contributed by atoms with van der Waals surface area (Å²) in [5.74, 6) is -0.464. The summed E-state index contributed by atoms with van der Waals surface area (Å²) in [7, 11) is -3.26. The van der Waals surface area contributed by atoms with Crippen LogP contribution in [0, 0.1) is 5.95 Å². The molecular formula is C19H19FN2O2S. The molecule has 1 aromatic heterocycles. The smallest absolute Gasteiger partial charge is 0.212 e. The maximum Gasteiger partial charge on any atom is 0.212 e. The number of benzene rings is 1. The average molecular weight is 358 g/mol. The summed E-state index contributed by atoms with van der Waals surface area (Å²) in [6.45, 7) is 1.48. The molecule has 1 aromatic carbocycles. The fraction of sp³-hybridized carbons (Fsp3) is 0.421. The summed E-state index contributed by atoms with van der Waals surface area (Å²) in [5.41, 5.74) is 2.62. The Kier molecular flexibility index (Phi) is 3.31. The third-order valence-corrected chi connectivity index (χ3v) is 8.32. The number of aromatic nitrogens is 1. The van der Waals surface area contributed by atoms with E-state index in [1.807, 2.05) is 6.07 Å². The third kappa shape index (κ3) is 2.27. The van der Waals surface area contributed by atoms with Gasteiger partial charge in [0.1, 0.15) is 0 Å². The molecule has 2 aromatic rings. The summed E-state index contributed by atoms with van der Waals surface area (Å²) < 4.78 is 38.9. The molecule has 6 heteroatoms. The molecule has 0 amide bonds. The molecule has 0 radical (unpaired) electrons. The number of hydrogen-bond acceptors (Lipinski definition) is 4. The second-order valence-electron chi connectivity index (χ2n) is 7.35. The molecule has 25 heavy (non-hydrogen) atoms. The van der Waals surface area contributed by atoms with Crippen LogP contribution >= 0.6 is 0 Å². The van der Waals surface area contributed by atoms with Crippen LogP contribution in [0.25, 0.3) is 11.1 Å². The molecule has 1 aliphatic carbocycles. The van der Waals surface area contributed by atoms with Gasteiger partial charge in [0.05, 0.1) is 10.1 Å². The Morgan fingerprint density at radius 2 is 1.88 bits per heavy atom. The van der Waals surface area contributed by atoms with Gasteiger partial charge in [0.25, 0.3) is 0 Å². The van der Waals surface area contributed by atoms with Crippen molar-refractivity contribution in [3.8, 4) is 11.1 Å². The van der Waals surface area contributed by atoms with Gasteiger partial charge < -0.3 is 0 Å². The second kappa shape index (κ2) is 5.35. The average Bonchev–Trinajstić information content (AvgIpc) is 3.06. The Balaban J connectivity index is 1.55. The van der Waals surface area contributed by atoms with E-state index in [-0.39, 0.29) is 11.2 Å². The maximum atomic E-state index is 13.1. The van der Waals surface area contributed by atoms with Gasteiger partial charge in [-0.3, -0.25) is 4.90 Å². The molecule has 2 fully saturated rings. The molecule has 2 atom stereocenters. The lowest BCUT2D eigenvalue weighted by molar-refractivity contribution is 0.157. The standard InChI is InChI=1S/C19H19FN2O2S/c20-19-7-5-13(9-21-19)12-4-6-17-15(8-12)16-10-22(14-2-1-3-14)11-18(16)25(17,23)24/h4-9,14,16,18H,1-3,10-11H2. The van der Waals surface area contributed by atoms with Crippen molar-refractivity contribution in [2.24, 2.45) is 0 Å². The lowest BCUT2D eigenvalue weighted by Gasteiger charge is -2.35. The van der Waals surface area contributed by atoms with Gasteiger partial charge in [-0.2, -0.15) is 4.39 Å². The van der Waals surface area contributed by atoms with E-state index in [9.17, 15) is 12.8 Å². The molecule has 1 saturated carbocycles. The summed E-state index contributed by atoms with van der Waals surface area (Å²) in [6.07, 6.45) is 5.12. The van der Waals surface area contributed by atoms with Crippen molar-refractivity contribution >= 4 is 9.84 Å². The highest BCUT2D eigenvalue weighted by Crippen LogP contribution is 2.47. The van der Waals surface area contributed by atoms with E-state index in [0.29, 0.717) is 17.5 Å². The van der Waals surface area contributed by atoms with E-state index in [1.165, 1.54) is 31.5 Å². The quantitative estimate of drug-likeness (QED) is 0.775. The van der Waals surface area contributed by atoms with Crippen molar-refractivity contribution in [1.29, 1.82) is 0 Å². The second-order valence-corrected chi connectivity index (χ2v) is 9.49. The molecule has 0 spiro atoms. The molecule has 2 aliphatic heterocycles. The van der Waals surface area contributed by atoms with Crippen LogP contribution in [-0.2, 0) is 9.84 Å². The maximum absolute atomic E-state index is 13.1. The van der Waals surface area contributed by atoms with Crippen LogP contribution in [0.2, 0.25) is 0 Å². The molecule has 4 nitrogen and oxygen atoms in total. The van der Waals surface area contributed by atoms with E-state index in [4.69, 9.17) is 0 Å². The van der Waals surface area contributed by atoms with E-state index < -0.39 is 15.8 Å². The number of likely N-dealkylation sites (tertiary alicyclic amines) is 1. The lowest BCUT2D eigenvalue weighted by atomic mass is 9.91. The first-order valence-corrected chi connectivity index (χ1v) is 10.3. The van der Waals surface area contributed by atoms with Gasteiger partial charge in [-0.1, -0.05) is 12.5 Å². The number of hydrogen-bond donors (Lipinski definition) is 0. The third-order valence-electron chi connectivity index (χ3n) is 6.06. The predicted molar refractivity (Wildman–Crippen MR) is 92.6 cm³/mol. The molecule has 0 bridgehead atoms. The summed E-state index contributed by atoms with van der Waals surface area (Å²) in [5, 5.41) is -0.315. The minimum Gasteiger partial charge on any atom is -0.298 e. The number of rotatable bonds is 2. The topological polar surface area (TPSA) is 50.3 Å². The number of nitrogens with zero attached hydrogens (tertiary/aromatic N) is 2. The van der Waals surface area contributed by atoms with Crippen LogP contribution in [0.4, 0.5) is 4.39 Å². The van der Waals surface area contributed by atoms with Gasteiger partial charge in [0, 0.05) is 36.8 Å². The Morgan fingerprint density at radius 3 is 2.56 bits per heavy atom. The van der Waals surface area contributed by atoms with Crippen molar-refractivity contribution < 1.29 is 12.8 Å². The Hall–Kier alpha value is -1.79. The number of sulfone groups is 1. The monoisotopic (exact) mass is 358 g/mol. The zero-order valence-electron chi connectivity index (χ0n) is 13.7. The Morgan fingerprint density at radius 1 is 1.08 bits per heavy atom. The summed E-state index contributed by atoms with van der Waals surface area (Å²) in [6, 6.07) is 9.06. The van der Waals surface area contributed by atoms with Gasteiger partial charge in [0.15, 0.2) is 9.84 Å².